The number of nitrogens with zero attached hydrogens (tertiary/aromatic N) is 3. The molecule has 51 heavy (non-hydrogen) atoms. The molecular weight excluding hydrogens is 627 g/mol. The summed E-state index contributed by atoms with van der Waals surface area (Å²) in [6.07, 6.45) is 1.39. The number of aliphatic carboxylic acids is 1. The number of hydrogen-bond donors (Lipinski definition) is 1. The van der Waals surface area contributed by atoms with Crippen LogP contribution in [0.25, 0.3) is 83.3 Å². The SMILES string of the molecule is N#C/C(=C\c1ccc(-n2c3ccccc3c3cc(-c4ccc(-c5ccc6c(c5)c5ccccc5n6-c5ccccc5)cc4)ccc32)cc1)C(=O)O. The van der Waals surface area contributed by atoms with Gasteiger partial charge in [-0.1, -0.05) is 103 Å². The van der Waals surface area contributed by atoms with Crippen molar-refractivity contribution in [2.24, 2.45) is 0 Å². The van der Waals surface area contributed by atoms with Gasteiger partial charge in [-0.2, -0.15) is 5.26 Å². The molecule has 0 fully saturated rings. The van der Waals surface area contributed by atoms with Crippen LogP contribution >= 0.6 is 0 Å². The molecule has 5 nitrogen and oxygen atoms in total. The molecule has 1 N–H and O–H groups in total. The predicted octanol–water partition coefficient (Wildman–Crippen LogP) is 11.2. The minimum absolute atomic E-state index is 0.298. The van der Waals surface area contributed by atoms with Crippen molar-refractivity contribution < 1.29 is 9.90 Å². The van der Waals surface area contributed by atoms with Crippen molar-refractivity contribution in [1.82, 2.24) is 9.13 Å². The molecule has 5 heteroatoms. The van der Waals surface area contributed by atoms with Crippen LogP contribution in [0.3, 0.4) is 0 Å². The van der Waals surface area contributed by atoms with E-state index in [1.807, 2.05) is 30.3 Å². The number of benzene rings is 7. The van der Waals surface area contributed by atoms with Crippen molar-refractivity contribution in [3.05, 3.63) is 175 Å². The van der Waals surface area contributed by atoms with Crippen molar-refractivity contribution in [1.29, 1.82) is 5.26 Å². The second-order valence-corrected chi connectivity index (χ2v) is 12.6. The number of para-hydroxylation sites is 3. The lowest BCUT2D eigenvalue weighted by molar-refractivity contribution is -0.132. The highest BCUT2D eigenvalue weighted by atomic mass is 16.4. The highest BCUT2D eigenvalue weighted by Crippen LogP contribution is 2.37. The largest absolute Gasteiger partial charge is 0.477 e. The summed E-state index contributed by atoms with van der Waals surface area (Å²) in [6.45, 7) is 0. The fourth-order valence-electron chi connectivity index (χ4n) is 7.32. The molecule has 0 saturated heterocycles. The smallest absolute Gasteiger partial charge is 0.346 e. The highest BCUT2D eigenvalue weighted by molar-refractivity contribution is 6.11. The Morgan fingerprint density at radius 1 is 0.490 bits per heavy atom. The lowest BCUT2D eigenvalue weighted by atomic mass is 9.98. The van der Waals surface area contributed by atoms with Crippen molar-refractivity contribution in [3.63, 3.8) is 0 Å². The molecule has 2 heterocycles. The number of carboxylic acids is 1. The first kappa shape index (κ1) is 29.9. The van der Waals surface area contributed by atoms with Crippen molar-refractivity contribution in [2.45, 2.75) is 0 Å². The monoisotopic (exact) mass is 655 g/mol. The summed E-state index contributed by atoms with van der Waals surface area (Å²) in [7, 11) is 0. The Balaban J connectivity index is 1.08. The summed E-state index contributed by atoms with van der Waals surface area (Å²) >= 11 is 0. The van der Waals surface area contributed by atoms with Gasteiger partial charge in [-0.05, 0) is 94.6 Å². The Hall–Kier alpha value is -7.16. The van der Waals surface area contributed by atoms with Gasteiger partial charge < -0.3 is 14.2 Å². The van der Waals surface area contributed by atoms with E-state index in [0.717, 1.165) is 44.3 Å². The van der Waals surface area contributed by atoms with E-state index in [0.29, 0.717) is 5.56 Å². The van der Waals surface area contributed by atoms with Crippen LogP contribution in [-0.4, -0.2) is 20.2 Å². The summed E-state index contributed by atoms with van der Waals surface area (Å²) in [5.74, 6) is -1.24. The van der Waals surface area contributed by atoms with Gasteiger partial charge in [-0.3, -0.25) is 0 Å². The third-order valence-corrected chi connectivity index (χ3v) is 9.72. The Labute approximate surface area is 293 Å². The summed E-state index contributed by atoms with van der Waals surface area (Å²) in [4.78, 5) is 11.3. The van der Waals surface area contributed by atoms with Gasteiger partial charge in [0.1, 0.15) is 11.6 Å². The Morgan fingerprint density at radius 3 is 1.41 bits per heavy atom. The van der Waals surface area contributed by atoms with Crippen LogP contribution in [0.2, 0.25) is 0 Å². The lowest BCUT2D eigenvalue weighted by Gasteiger charge is -2.10. The minimum Gasteiger partial charge on any atom is -0.477 e. The topological polar surface area (TPSA) is 71.0 Å². The maximum absolute atomic E-state index is 11.3. The van der Waals surface area contributed by atoms with Gasteiger partial charge in [0.2, 0.25) is 0 Å². The van der Waals surface area contributed by atoms with Gasteiger partial charge in [-0.15, -0.1) is 0 Å². The number of hydrogen-bond acceptors (Lipinski definition) is 2. The number of carboxylic acid groups (broad SMARTS) is 1. The molecule has 0 bridgehead atoms. The first-order valence-corrected chi connectivity index (χ1v) is 16.8. The fraction of sp³-hybridized carbons (Fsp3) is 0. The molecule has 240 valence electrons. The standard InChI is InChI=1S/C46H29N3O2/c47-29-35(46(50)51)26-30-14-22-37(23-15-30)49-43-13-7-5-11-39(43)41-28-34(21-25-45(41)49)32-18-16-31(17-19-32)33-20-24-44-40(27-33)38-10-4-6-12-42(38)48(44)36-8-2-1-3-9-36/h1-28H,(H,50,51)/b35-26+. The Bertz CT molecular complexity index is 2870. The maximum Gasteiger partial charge on any atom is 0.346 e. The lowest BCUT2D eigenvalue weighted by Crippen LogP contribution is -1.97. The molecule has 9 aromatic rings. The third kappa shape index (κ3) is 5.06. The number of nitriles is 1. The summed E-state index contributed by atoms with van der Waals surface area (Å²) in [5, 5.41) is 23.2. The first-order valence-electron chi connectivity index (χ1n) is 16.8. The average Bonchev–Trinajstić information content (AvgIpc) is 3.70. The van der Waals surface area contributed by atoms with Crippen molar-refractivity contribution >= 4 is 55.7 Å². The van der Waals surface area contributed by atoms with Gasteiger partial charge in [0.25, 0.3) is 0 Å². The molecule has 7 aromatic carbocycles. The molecule has 0 amide bonds. The van der Waals surface area contributed by atoms with Crippen LogP contribution < -0.4 is 0 Å². The zero-order valence-electron chi connectivity index (χ0n) is 27.4. The normalized spacial score (nSPS) is 11.8. The molecule has 0 atom stereocenters. The van der Waals surface area contributed by atoms with Gasteiger partial charge in [0, 0.05) is 32.9 Å². The molecule has 0 aliphatic carbocycles. The second kappa shape index (κ2) is 12.1. The fourth-order valence-corrected chi connectivity index (χ4v) is 7.32. The zero-order valence-corrected chi connectivity index (χ0v) is 27.4. The molecule has 0 aliphatic heterocycles. The van der Waals surface area contributed by atoms with Crippen LogP contribution in [0.4, 0.5) is 0 Å². The van der Waals surface area contributed by atoms with E-state index >= 15 is 0 Å². The molecule has 0 saturated carbocycles. The number of rotatable bonds is 6. The minimum atomic E-state index is -1.24. The van der Waals surface area contributed by atoms with Crippen molar-refractivity contribution in [3.8, 4) is 39.7 Å². The van der Waals surface area contributed by atoms with E-state index in [9.17, 15) is 9.90 Å². The van der Waals surface area contributed by atoms with Crippen LogP contribution in [-0.2, 0) is 4.79 Å². The van der Waals surface area contributed by atoms with E-state index in [2.05, 4.69) is 143 Å². The quantitative estimate of drug-likeness (QED) is 0.143. The van der Waals surface area contributed by atoms with E-state index in [1.54, 1.807) is 6.07 Å². The van der Waals surface area contributed by atoms with Gasteiger partial charge in [0.15, 0.2) is 0 Å². The Morgan fingerprint density at radius 2 is 0.922 bits per heavy atom. The van der Waals surface area contributed by atoms with E-state index in [1.165, 1.54) is 39.0 Å². The zero-order chi connectivity index (χ0) is 34.5. The molecule has 0 unspecified atom stereocenters. The van der Waals surface area contributed by atoms with Gasteiger partial charge in [-0.25, -0.2) is 4.79 Å². The second-order valence-electron chi connectivity index (χ2n) is 12.6. The molecular formula is C46H29N3O2. The maximum atomic E-state index is 11.3. The number of fused-ring (bicyclic) bond motifs is 6. The number of carbonyl (C=O) groups is 1. The summed E-state index contributed by atoms with van der Waals surface area (Å²) < 4.78 is 4.56. The molecule has 9 rings (SSSR count). The van der Waals surface area contributed by atoms with Crippen LogP contribution in [0.15, 0.2) is 169 Å². The predicted molar refractivity (Wildman–Crippen MR) is 207 cm³/mol. The third-order valence-electron chi connectivity index (χ3n) is 9.72. The average molecular weight is 656 g/mol. The van der Waals surface area contributed by atoms with E-state index in [-0.39, 0.29) is 5.57 Å². The highest BCUT2D eigenvalue weighted by Gasteiger charge is 2.15. The summed E-state index contributed by atoms with van der Waals surface area (Å²) in [5.41, 5.74) is 11.6. The van der Waals surface area contributed by atoms with Crippen LogP contribution in [0.1, 0.15) is 5.56 Å². The molecule has 2 aromatic heterocycles. The number of aromatic nitrogens is 2. The Kier molecular flexibility index (Phi) is 7.08. The van der Waals surface area contributed by atoms with Gasteiger partial charge in [0.05, 0.1) is 22.1 Å². The summed E-state index contributed by atoms with van der Waals surface area (Å²) in [6, 6.07) is 59.0. The molecule has 0 radical (unpaired) electrons. The van der Waals surface area contributed by atoms with Crippen LogP contribution in [0.5, 0.6) is 0 Å². The van der Waals surface area contributed by atoms with Crippen molar-refractivity contribution in [2.75, 3.05) is 0 Å². The first-order chi connectivity index (χ1) is 25.1. The molecule has 0 spiro atoms. The van der Waals surface area contributed by atoms with Crippen LogP contribution in [0, 0.1) is 11.3 Å². The van der Waals surface area contributed by atoms with E-state index in [4.69, 9.17) is 5.26 Å². The van der Waals surface area contributed by atoms with E-state index < -0.39 is 5.97 Å². The molecule has 0 aliphatic rings. The van der Waals surface area contributed by atoms with Gasteiger partial charge >= 0.3 is 5.97 Å².